The molecule has 0 radical (unpaired) electrons. The lowest BCUT2D eigenvalue weighted by atomic mass is 9.77. The molecule has 0 spiro atoms. The topological polar surface area (TPSA) is 96.5 Å². The van der Waals surface area contributed by atoms with Gasteiger partial charge in [-0.3, -0.25) is 9.59 Å². The fourth-order valence-corrected chi connectivity index (χ4v) is 3.11. The molecule has 1 aromatic heterocycles. The zero-order valence-electron chi connectivity index (χ0n) is 10.8. The lowest BCUT2D eigenvalue weighted by Crippen LogP contribution is -2.49. The summed E-state index contributed by atoms with van der Waals surface area (Å²) in [5.41, 5.74) is 4.70. The quantitative estimate of drug-likeness (QED) is 0.875. The number of anilines is 1. The summed E-state index contributed by atoms with van der Waals surface area (Å²) >= 11 is 1.13. The van der Waals surface area contributed by atoms with Crippen LogP contribution in [-0.4, -0.2) is 40.0 Å². The number of carbonyl (C=O) groups is 2. The van der Waals surface area contributed by atoms with Gasteiger partial charge in [0, 0.05) is 13.1 Å². The first-order valence-corrected chi connectivity index (χ1v) is 7.04. The number of aliphatic carboxylic acids is 1. The number of carboxylic acids is 1. The highest BCUT2D eigenvalue weighted by molar-refractivity contribution is 7.17. The Bertz CT molecular complexity index is 502. The van der Waals surface area contributed by atoms with Gasteiger partial charge in [0.15, 0.2) is 5.13 Å². The highest BCUT2D eigenvalue weighted by Crippen LogP contribution is 2.34. The van der Waals surface area contributed by atoms with Crippen LogP contribution < -0.4 is 5.73 Å². The summed E-state index contributed by atoms with van der Waals surface area (Å²) in [5, 5.41) is 9.74. The van der Waals surface area contributed by atoms with Crippen molar-refractivity contribution in [3.8, 4) is 0 Å². The SMILES string of the molecule is CCC1(C(=O)O)CCCN(C(=O)c2cnc(N)s2)C1. The highest BCUT2D eigenvalue weighted by Gasteiger charge is 2.42. The Morgan fingerprint density at radius 2 is 2.37 bits per heavy atom. The number of amides is 1. The van der Waals surface area contributed by atoms with E-state index in [0.717, 1.165) is 11.3 Å². The van der Waals surface area contributed by atoms with Crippen LogP contribution in [0.4, 0.5) is 5.13 Å². The summed E-state index contributed by atoms with van der Waals surface area (Å²) in [6.07, 6.45) is 3.30. The molecule has 104 valence electrons. The molecule has 3 N–H and O–H groups in total. The molecule has 19 heavy (non-hydrogen) atoms. The summed E-state index contributed by atoms with van der Waals surface area (Å²) < 4.78 is 0. The third-order valence-electron chi connectivity index (χ3n) is 3.73. The normalized spacial score (nSPS) is 23.3. The fraction of sp³-hybridized carbons (Fsp3) is 0.583. The van der Waals surface area contributed by atoms with Gasteiger partial charge in [-0.2, -0.15) is 0 Å². The van der Waals surface area contributed by atoms with Crippen molar-refractivity contribution in [1.29, 1.82) is 0 Å². The van der Waals surface area contributed by atoms with Crippen molar-refractivity contribution in [1.82, 2.24) is 9.88 Å². The van der Waals surface area contributed by atoms with Crippen LogP contribution in [0, 0.1) is 5.41 Å². The number of carbonyl (C=O) groups excluding carboxylic acids is 1. The monoisotopic (exact) mass is 283 g/mol. The second kappa shape index (κ2) is 5.16. The molecule has 1 aromatic rings. The van der Waals surface area contributed by atoms with Gasteiger partial charge >= 0.3 is 5.97 Å². The van der Waals surface area contributed by atoms with Gasteiger partial charge in [-0.25, -0.2) is 4.98 Å². The van der Waals surface area contributed by atoms with Crippen LogP contribution in [0.25, 0.3) is 0 Å². The maximum atomic E-state index is 12.3. The van der Waals surface area contributed by atoms with Crippen LogP contribution >= 0.6 is 11.3 Å². The average Bonchev–Trinajstić information content (AvgIpc) is 2.84. The molecular weight excluding hydrogens is 266 g/mol. The Labute approximate surface area is 115 Å². The number of piperidine rings is 1. The molecule has 1 atom stereocenters. The Morgan fingerprint density at radius 3 is 2.89 bits per heavy atom. The van der Waals surface area contributed by atoms with Gasteiger partial charge in [-0.1, -0.05) is 18.3 Å². The number of likely N-dealkylation sites (tertiary alicyclic amines) is 1. The molecule has 1 amide bonds. The van der Waals surface area contributed by atoms with Crippen molar-refractivity contribution in [3.05, 3.63) is 11.1 Å². The van der Waals surface area contributed by atoms with Gasteiger partial charge < -0.3 is 15.7 Å². The molecule has 2 heterocycles. The van der Waals surface area contributed by atoms with Gasteiger partial charge in [-0.05, 0) is 19.3 Å². The molecule has 6 nitrogen and oxygen atoms in total. The summed E-state index contributed by atoms with van der Waals surface area (Å²) in [4.78, 5) is 29.7. The molecule has 0 aliphatic carbocycles. The molecule has 1 aliphatic rings. The minimum Gasteiger partial charge on any atom is -0.481 e. The van der Waals surface area contributed by atoms with Crippen molar-refractivity contribution in [3.63, 3.8) is 0 Å². The van der Waals surface area contributed by atoms with E-state index >= 15 is 0 Å². The number of nitrogen functional groups attached to an aromatic ring is 1. The molecule has 2 rings (SSSR count). The zero-order valence-corrected chi connectivity index (χ0v) is 11.6. The third kappa shape index (κ3) is 2.56. The van der Waals surface area contributed by atoms with Crippen molar-refractivity contribution in [2.75, 3.05) is 18.8 Å². The predicted molar refractivity (Wildman–Crippen MR) is 72.0 cm³/mol. The smallest absolute Gasteiger partial charge is 0.311 e. The zero-order chi connectivity index (χ0) is 14.0. The number of aromatic nitrogens is 1. The maximum absolute atomic E-state index is 12.3. The number of nitrogens with zero attached hydrogens (tertiary/aromatic N) is 2. The lowest BCUT2D eigenvalue weighted by molar-refractivity contribution is -0.152. The van der Waals surface area contributed by atoms with E-state index in [1.165, 1.54) is 6.20 Å². The first-order chi connectivity index (χ1) is 8.98. The van der Waals surface area contributed by atoms with E-state index in [-0.39, 0.29) is 12.5 Å². The fourth-order valence-electron chi connectivity index (χ4n) is 2.46. The van der Waals surface area contributed by atoms with E-state index in [9.17, 15) is 14.7 Å². The van der Waals surface area contributed by atoms with Gasteiger partial charge in [0.05, 0.1) is 11.6 Å². The molecule has 1 fully saturated rings. The van der Waals surface area contributed by atoms with Crippen LogP contribution in [0.3, 0.4) is 0 Å². The Kier molecular flexibility index (Phi) is 3.75. The standard InChI is InChI=1S/C12H17N3O3S/c1-2-12(10(17)18)4-3-5-15(7-12)9(16)8-6-14-11(13)19-8/h6H,2-5,7H2,1H3,(H2,13,14)(H,17,18). The third-order valence-corrected chi connectivity index (χ3v) is 4.54. The molecular formula is C12H17N3O3S. The van der Waals surface area contributed by atoms with E-state index in [0.29, 0.717) is 35.8 Å². The number of thiazole rings is 1. The summed E-state index contributed by atoms with van der Waals surface area (Å²) in [6.45, 7) is 2.70. The number of carboxylic acid groups (broad SMARTS) is 1. The van der Waals surface area contributed by atoms with Gasteiger partial charge in [0.25, 0.3) is 5.91 Å². The van der Waals surface area contributed by atoms with Gasteiger partial charge in [0.1, 0.15) is 4.88 Å². The average molecular weight is 283 g/mol. The Morgan fingerprint density at radius 1 is 1.63 bits per heavy atom. The van der Waals surface area contributed by atoms with E-state index < -0.39 is 11.4 Å². The Hall–Kier alpha value is -1.63. The highest BCUT2D eigenvalue weighted by atomic mass is 32.1. The molecule has 1 aliphatic heterocycles. The number of hydrogen-bond acceptors (Lipinski definition) is 5. The van der Waals surface area contributed by atoms with Crippen LogP contribution in [0.1, 0.15) is 35.9 Å². The van der Waals surface area contributed by atoms with E-state index in [1.54, 1.807) is 4.90 Å². The molecule has 1 saturated heterocycles. The Balaban J connectivity index is 2.17. The van der Waals surface area contributed by atoms with E-state index in [1.807, 2.05) is 6.92 Å². The van der Waals surface area contributed by atoms with Crippen LogP contribution in [-0.2, 0) is 4.79 Å². The minimum atomic E-state index is -0.823. The lowest BCUT2D eigenvalue weighted by Gasteiger charge is -2.39. The molecule has 7 heteroatoms. The maximum Gasteiger partial charge on any atom is 0.311 e. The van der Waals surface area contributed by atoms with E-state index in [4.69, 9.17) is 5.73 Å². The van der Waals surface area contributed by atoms with Crippen molar-refractivity contribution in [2.24, 2.45) is 5.41 Å². The van der Waals surface area contributed by atoms with Crippen molar-refractivity contribution < 1.29 is 14.7 Å². The van der Waals surface area contributed by atoms with Crippen molar-refractivity contribution in [2.45, 2.75) is 26.2 Å². The second-order valence-electron chi connectivity index (χ2n) is 4.83. The first kappa shape index (κ1) is 13.8. The second-order valence-corrected chi connectivity index (χ2v) is 5.89. The molecule has 0 aromatic carbocycles. The minimum absolute atomic E-state index is 0.173. The summed E-state index contributed by atoms with van der Waals surface area (Å²) in [5.74, 6) is -0.996. The molecule has 1 unspecified atom stereocenters. The summed E-state index contributed by atoms with van der Waals surface area (Å²) in [6, 6.07) is 0. The van der Waals surface area contributed by atoms with Crippen LogP contribution in [0.5, 0.6) is 0 Å². The van der Waals surface area contributed by atoms with Crippen LogP contribution in [0.15, 0.2) is 6.20 Å². The number of hydrogen-bond donors (Lipinski definition) is 2. The van der Waals surface area contributed by atoms with Gasteiger partial charge in [-0.15, -0.1) is 0 Å². The molecule has 0 bridgehead atoms. The molecule has 0 saturated carbocycles. The number of rotatable bonds is 3. The number of nitrogens with two attached hydrogens (primary N) is 1. The van der Waals surface area contributed by atoms with Gasteiger partial charge in [0.2, 0.25) is 0 Å². The predicted octanol–water partition coefficient (Wildman–Crippen LogP) is 1.44. The van der Waals surface area contributed by atoms with Crippen LogP contribution in [0.2, 0.25) is 0 Å². The summed E-state index contributed by atoms with van der Waals surface area (Å²) in [7, 11) is 0. The van der Waals surface area contributed by atoms with Crippen molar-refractivity contribution >= 4 is 28.3 Å². The first-order valence-electron chi connectivity index (χ1n) is 6.22. The van der Waals surface area contributed by atoms with E-state index in [2.05, 4.69) is 4.98 Å². The largest absolute Gasteiger partial charge is 0.481 e.